The smallest absolute Gasteiger partial charge is 0.339 e. The highest BCUT2D eigenvalue weighted by molar-refractivity contribution is 6.29. The van der Waals surface area contributed by atoms with Crippen LogP contribution in [-0.4, -0.2) is 40.9 Å². The number of hydrogen-bond donors (Lipinski definition) is 3. The molecule has 0 saturated heterocycles. The van der Waals surface area contributed by atoms with E-state index in [1.807, 2.05) is 12.1 Å². The Kier molecular flexibility index (Phi) is 8.74. The summed E-state index contributed by atoms with van der Waals surface area (Å²) >= 11 is 5.81. The molecule has 0 spiro atoms. The van der Waals surface area contributed by atoms with Crippen LogP contribution < -0.4 is 14.8 Å². The first kappa shape index (κ1) is 25.8. The SMILES string of the molecule is COc1ccc(Oc2ccc3c(c2)C[C@@H](NC[C@H](O)c2ccc(Cl)nc2)CC3)cc1C(=O)O.Cl. The fourth-order valence-corrected chi connectivity index (χ4v) is 4.12. The number of nitrogens with one attached hydrogen (secondary N) is 1. The van der Waals surface area contributed by atoms with Gasteiger partial charge in [-0.05, 0) is 66.8 Å². The number of aromatic carboxylic acids is 1. The number of benzene rings is 2. The lowest BCUT2D eigenvalue weighted by Crippen LogP contribution is -2.37. The molecule has 0 unspecified atom stereocenters. The lowest BCUT2D eigenvalue weighted by atomic mass is 9.88. The van der Waals surface area contributed by atoms with Gasteiger partial charge in [-0.3, -0.25) is 0 Å². The minimum Gasteiger partial charge on any atom is -0.496 e. The second-order valence-corrected chi connectivity index (χ2v) is 8.37. The van der Waals surface area contributed by atoms with Crippen molar-refractivity contribution in [1.29, 1.82) is 0 Å². The van der Waals surface area contributed by atoms with Gasteiger partial charge in [0.2, 0.25) is 0 Å². The van der Waals surface area contributed by atoms with Gasteiger partial charge in [-0.1, -0.05) is 23.7 Å². The van der Waals surface area contributed by atoms with E-state index in [-0.39, 0.29) is 29.8 Å². The maximum absolute atomic E-state index is 11.5. The van der Waals surface area contributed by atoms with E-state index in [1.54, 1.807) is 30.5 Å². The van der Waals surface area contributed by atoms with Crippen molar-refractivity contribution in [2.45, 2.75) is 31.4 Å². The minimum absolute atomic E-state index is 0. The number of nitrogens with zero attached hydrogens (tertiary/aromatic N) is 1. The van der Waals surface area contributed by atoms with Crippen molar-refractivity contribution in [1.82, 2.24) is 10.3 Å². The molecule has 2 aromatic carbocycles. The van der Waals surface area contributed by atoms with Crippen molar-refractivity contribution >= 4 is 30.0 Å². The summed E-state index contributed by atoms with van der Waals surface area (Å²) in [5, 5.41) is 23.7. The Balaban J connectivity index is 0.00000324. The van der Waals surface area contributed by atoms with Crippen molar-refractivity contribution in [3.63, 3.8) is 0 Å². The zero-order chi connectivity index (χ0) is 23.4. The molecule has 2 atom stereocenters. The van der Waals surface area contributed by atoms with Crippen molar-refractivity contribution < 1.29 is 24.5 Å². The van der Waals surface area contributed by atoms with Crippen LogP contribution in [-0.2, 0) is 12.8 Å². The van der Waals surface area contributed by atoms with E-state index in [4.69, 9.17) is 21.1 Å². The van der Waals surface area contributed by atoms with Gasteiger partial charge in [0, 0.05) is 24.3 Å². The Morgan fingerprint density at radius 2 is 1.94 bits per heavy atom. The summed E-state index contributed by atoms with van der Waals surface area (Å²) in [5.74, 6) is 0.278. The molecular formula is C25H26Cl2N2O5. The second-order valence-electron chi connectivity index (χ2n) is 7.98. The topological polar surface area (TPSA) is 101 Å². The molecule has 180 valence electrons. The molecule has 0 bridgehead atoms. The third-order valence-corrected chi connectivity index (χ3v) is 6.00. The number of methoxy groups -OCH3 is 1. The lowest BCUT2D eigenvalue weighted by Gasteiger charge is -2.27. The fourth-order valence-electron chi connectivity index (χ4n) is 4.01. The lowest BCUT2D eigenvalue weighted by molar-refractivity contribution is 0.0693. The zero-order valence-corrected chi connectivity index (χ0v) is 20.1. The summed E-state index contributed by atoms with van der Waals surface area (Å²) in [5.41, 5.74) is 3.21. The quantitative estimate of drug-likeness (QED) is 0.377. The van der Waals surface area contributed by atoms with Crippen LogP contribution in [0.25, 0.3) is 0 Å². The molecule has 1 aliphatic rings. The van der Waals surface area contributed by atoms with Crippen LogP contribution in [0.4, 0.5) is 0 Å². The molecule has 0 radical (unpaired) electrons. The predicted molar refractivity (Wildman–Crippen MR) is 132 cm³/mol. The summed E-state index contributed by atoms with van der Waals surface area (Å²) in [7, 11) is 1.43. The number of hydrogen-bond acceptors (Lipinski definition) is 6. The number of fused-ring (bicyclic) bond motifs is 1. The molecule has 9 heteroatoms. The van der Waals surface area contributed by atoms with Crippen LogP contribution >= 0.6 is 24.0 Å². The first-order valence-electron chi connectivity index (χ1n) is 10.7. The summed E-state index contributed by atoms with van der Waals surface area (Å²) in [4.78, 5) is 15.5. The van der Waals surface area contributed by atoms with Crippen molar-refractivity contribution in [3.05, 3.63) is 82.1 Å². The molecule has 3 aromatic rings. The number of aliphatic hydroxyl groups excluding tert-OH is 1. The summed E-state index contributed by atoms with van der Waals surface area (Å²) < 4.78 is 11.0. The summed E-state index contributed by atoms with van der Waals surface area (Å²) in [6.07, 6.45) is 3.63. The first-order valence-corrected chi connectivity index (χ1v) is 11.0. The van der Waals surface area contributed by atoms with Crippen LogP contribution in [0, 0.1) is 0 Å². The number of carboxylic acid groups (broad SMARTS) is 1. The standard InChI is InChI=1S/C25H25ClN2O5.ClH/c1-32-23-8-7-20(12-21(23)25(30)31)33-19-6-3-15-2-5-18(10-17(15)11-19)27-14-22(29)16-4-9-24(26)28-13-16;/h3-4,6-9,11-13,18,22,27,29H,2,5,10,14H2,1H3,(H,30,31);1H/t18-,22-;/m0./s1. The zero-order valence-electron chi connectivity index (χ0n) is 18.5. The van der Waals surface area contributed by atoms with Gasteiger partial charge in [0.25, 0.3) is 0 Å². The molecule has 1 heterocycles. The maximum atomic E-state index is 11.5. The molecule has 1 aliphatic carbocycles. The van der Waals surface area contributed by atoms with Gasteiger partial charge in [0.15, 0.2) is 0 Å². The number of aryl methyl sites for hydroxylation is 1. The molecule has 7 nitrogen and oxygen atoms in total. The van der Waals surface area contributed by atoms with Crippen molar-refractivity contribution in [3.8, 4) is 17.2 Å². The normalized spacial score (nSPS) is 15.6. The molecule has 0 aliphatic heterocycles. The van der Waals surface area contributed by atoms with E-state index in [0.29, 0.717) is 23.2 Å². The molecule has 3 N–H and O–H groups in total. The average molecular weight is 505 g/mol. The Morgan fingerprint density at radius 3 is 2.65 bits per heavy atom. The Bertz CT molecular complexity index is 1140. The maximum Gasteiger partial charge on any atom is 0.339 e. The van der Waals surface area contributed by atoms with E-state index in [9.17, 15) is 15.0 Å². The monoisotopic (exact) mass is 504 g/mol. The van der Waals surface area contributed by atoms with Gasteiger partial charge in [0.05, 0.1) is 13.2 Å². The Morgan fingerprint density at radius 1 is 1.18 bits per heavy atom. The second kappa shape index (κ2) is 11.5. The fraction of sp³-hybridized carbons (Fsp3) is 0.280. The highest BCUT2D eigenvalue weighted by Crippen LogP contribution is 2.31. The number of pyridine rings is 1. The average Bonchev–Trinajstić information content (AvgIpc) is 2.82. The molecular weight excluding hydrogens is 479 g/mol. The van der Waals surface area contributed by atoms with Crippen LogP contribution in [0.5, 0.6) is 17.2 Å². The number of carbonyl (C=O) groups is 1. The number of rotatable bonds is 8. The highest BCUT2D eigenvalue weighted by Gasteiger charge is 2.21. The van der Waals surface area contributed by atoms with Crippen molar-refractivity contribution in [2.24, 2.45) is 0 Å². The minimum atomic E-state index is -1.08. The Labute approximate surface area is 209 Å². The third kappa shape index (κ3) is 6.18. The van der Waals surface area contributed by atoms with Gasteiger partial charge < -0.3 is 25.0 Å². The van der Waals surface area contributed by atoms with E-state index in [2.05, 4.69) is 16.4 Å². The molecule has 0 fully saturated rings. The summed E-state index contributed by atoms with van der Waals surface area (Å²) in [6.45, 7) is 0.420. The van der Waals surface area contributed by atoms with E-state index in [1.165, 1.54) is 24.3 Å². The molecule has 0 saturated carbocycles. The van der Waals surface area contributed by atoms with Gasteiger partial charge in [-0.2, -0.15) is 0 Å². The number of aliphatic hydroxyl groups is 1. The van der Waals surface area contributed by atoms with Gasteiger partial charge in [-0.15, -0.1) is 12.4 Å². The number of aromatic nitrogens is 1. The Hall–Kier alpha value is -2.84. The number of ether oxygens (including phenoxy) is 2. The van der Waals surface area contributed by atoms with Gasteiger partial charge in [-0.25, -0.2) is 9.78 Å². The van der Waals surface area contributed by atoms with Crippen LogP contribution in [0.2, 0.25) is 5.15 Å². The highest BCUT2D eigenvalue weighted by atomic mass is 35.5. The molecule has 0 amide bonds. The van der Waals surface area contributed by atoms with E-state index in [0.717, 1.165) is 24.8 Å². The summed E-state index contributed by atoms with van der Waals surface area (Å²) in [6, 6.07) is 14.3. The predicted octanol–water partition coefficient (Wildman–Crippen LogP) is 4.84. The molecule has 34 heavy (non-hydrogen) atoms. The number of halogens is 2. The molecule has 4 rings (SSSR count). The number of carboxylic acids is 1. The van der Waals surface area contributed by atoms with Gasteiger partial charge >= 0.3 is 5.97 Å². The molecule has 1 aromatic heterocycles. The third-order valence-electron chi connectivity index (χ3n) is 5.78. The largest absolute Gasteiger partial charge is 0.496 e. The van der Waals surface area contributed by atoms with Crippen LogP contribution in [0.3, 0.4) is 0 Å². The van der Waals surface area contributed by atoms with Crippen LogP contribution in [0.15, 0.2) is 54.7 Å². The first-order chi connectivity index (χ1) is 15.9. The van der Waals surface area contributed by atoms with Gasteiger partial charge in [0.1, 0.15) is 28.0 Å². The van der Waals surface area contributed by atoms with E-state index >= 15 is 0 Å². The van der Waals surface area contributed by atoms with Crippen molar-refractivity contribution in [2.75, 3.05) is 13.7 Å². The van der Waals surface area contributed by atoms with Crippen LogP contribution in [0.1, 0.15) is 39.6 Å². The van der Waals surface area contributed by atoms with E-state index < -0.39 is 12.1 Å².